The smallest absolute Gasteiger partial charge is 0.270 e. The Morgan fingerprint density at radius 3 is 2.68 bits per heavy atom. The van der Waals surface area contributed by atoms with Gasteiger partial charge in [0.15, 0.2) is 0 Å². The van der Waals surface area contributed by atoms with E-state index in [1.165, 1.54) is 23.8 Å². The zero-order chi connectivity index (χ0) is 18.4. The minimum Gasteiger partial charge on any atom is -0.493 e. The first-order valence-corrected chi connectivity index (χ1v) is 8.12. The molecule has 0 bridgehead atoms. The first kappa shape index (κ1) is 18.4. The number of aryl methyl sites for hydroxylation is 2. The number of carbonyl (C=O) groups excluding carboxylic acids is 1. The summed E-state index contributed by atoms with van der Waals surface area (Å²) in [4.78, 5) is 22.2. The zero-order valence-corrected chi connectivity index (χ0v) is 14.7. The van der Waals surface area contributed by atoms with Crippen LogP contribution in [0.1, 0.15) is 33.5 Å². The summed E-state index contributed by atoms with van der Waals surface area (Å²) in [6.45, 7) is 7.02. The van der Waals surface area contributed by atoms with Crippen molar-refractivity contribution in [2.45, 2.75) is 27.2 Å². The zero-order valence-electron chi connectivity index (χ0n) is 14.7. The lowest BCUT2D eigenvalue weighted by atomic mass is 10.1. The summed E-state index contributed by atoms with van der Waals surface area (Å²) >= 11 is 0. The lowest BCUT2D eigenvalue weighted by Crippen LogP contribution is -2.25. The molecule has 0 saturated heterocycles. The summed E-state index contributed by atoms with van der Waals surface area (Å²) in [7, 11) is 0. The van der Waals surface area contributed by atoms with Gasteiger partial charge in [-0.15, -0.1) is 0 Å². The average Bonchev–Trinajstić information content (AvgIpc) is 2.58. The summed E-state index contributed by atoms with van der Waals surface area (Å²) < 4.78 is 5.80. The Balaban J connectivity index is 1.81. The third-order valence-electron chi connectivity index (χ3n) is 3.95. The fourth-order valence-electron chi connectivity index (χ4n) is 2.47. The molecule has 0 heterocycles. The lowest BCUT2D eigenvalue weighted by molar-refractivity contribution is -0.384. The molecule has 0 radical (unpaired) electrons. The molecule has 0 fully saturated rings. The van der Waals surface area contributed by atoms with Gasteiger partial charge in [0.2, 0.25) is 0 Å². The van der Waals surface area contributed by atoms with Crippen LogP contribution in [0.15, 0.2) is 36.4 Å². The van der Waals surface area contributed by atoms with Crippen molar-refractivity contribution in [1.29, 1.82) is 0 Å². The summed E-state index contributed by atoms with van der Waals surface area (Å²) in [5, 5.41) is 13.5. The van der Waals surface area contributed by atoms with Crippen LogP contribution in [0.5, 0.6) is 5.75 Å². The van der Waals surface area contributed by atoms with Gasteiger partial charge in [-0.05, 0) is 56.0 Å². The number of hydrogen-bond donors (Lipinski definition) is 1. The van der Waals surface area contributed by atoms with Crippen molar-refractivity contribution in [3.8, 4) is 5.75 Å². The van der Waals surface area contributed by atoms with E-state index in [-0.39, 0.29) is 17.2 Å². The van der Waals surface area contributed by atoms with Crippen LogP contribution in [0.25, 0.3) is 0 Å². The van der Waals surface area contributed by atoms with Gasteiger partial charge in [0.05, 0.1) is 11.5 Å². The van der Waals surface area contributed by atoms with Crippen LogP contribution in [0.2, 0.25) is 0 Å². The number of non-ortho nitro benzene ring substituents is 1. The Bertz CT molecular complexity index is 787. The first-order chi connectivity index (χ1) is 11.9. The van der Waals surface area contributed by atoms with E-state index in [1.54, 1.807) is 6.07 Å². The molecule has 0 aliphatic heterocycles. The van der Waals surface area contributed by atoms with E-state index < -0.39 is 4.92 Å². The van der Waals surface area contributed by atoms with Crippen molar-refractivity contribution >= 4 is 11.6 Å². The van der Waals surface area contributed by atoms with Crippen molar-refractivity contribution in [1.82, 2.24) is 5.32 Å². The van der Waals surface area contributed by atoms with Gasteiger partial charge in [0.25, 0.3) is 11.6 Å². The SMILES string of the molecule is Cc1cc(C)c(C)c(OCCCNC(=O)c2cccc([N+](=O)[O-])c2)c1. The quantitative estimate of drug-likeness (QED) is 0.472. The van der Waals surface area contributed by atoms with Crippen molar-refractivity contribution in [2.24, 2.45) is 0 Å². The molecule has 0 aromatic heterocycles. The second-order valence-corrected chi connectivity index (χ2v) is 5.97. The van der Waals surface area contributed by atoms with Gasteiger partial charge in [-0.25, -0.2) is 0 Å². The normalized spacial score (nSPS) is 10.4. The summed E-state index contributed by atoms with van der Waals surface area (Å²) in [5.74, 6) is 0.536. The van der Waals surface area contributed by atoms with Gasteiger partial charge in [0.1, 0.15) is 5.75 Å². The molecule has 6 nitrogen and oxygen atoms in total. The fourth-order valence-corrected chi connectivity index (χ4v) is 2.47. The molecular formula is C19H22N2O4. The van der Waals surface area contributed by atoms with Crippen LogP contribution in [0.4, 0.5) is 5.69 Å². The van der Waals surface area contributed by atoms with Crippen LogP contribution in [0.3, 0.4) is 0 Å². The molecule has 2 aromatic carbocycles. The number of nitrogens with zero attached hydrogens (tertiary/aromatic N) is 1. The number of carbonyl (C=O) groups is 1. The molecule has 0 spiro atoms. The Morgan fingerprint density at radius 2 is 1.96 bits per heavy atom. The largest absolute Gasteiger partial charge is 0.493 e. The van der Waals surface area contributed by atoms with Crippen molar-refractivity contribution in [3.63, 3.8) is 0 Å². The molecule has 1 amide bonds. The minimum atomic E-state index is -0.517. The van der Waals surface area contributed by atoms with E-state index in [4.69, 9.17) is 4.74 Å². The highest BCUT2D eigenvalue weighted by Gasteiger charge is 2.11. The molecule has 2 rings (SSSR count). The number of amides is 1. The number of nitro groups is 1. The highest BCUT2D eigenvalue weighted by atomic mass is 16.6. The van der Waals surface area contributed by atoms with Crippen LogP contribution in [0, 0.1) is 30.9 Å². The summed E-state index contributed by atoms with van der Waals surface area (Å²) in [5.41, 5.74) is 3.64. The minimum absolute atomic E-state index is 0.0960. The maximum Gasteiger partial charge on any atom is 0.270 e. The van der Waals surface area contributed by atoms with E-state index >= 15 is 0 Å². The molecule has 6 heteroatoms. The molecule has 0 saturated carbocycles. The number of hydrogen-bond acceptors (Lipinski definition) is 4. The third-order valence-corrected chi connectivity index (χ3v) is 3.95. The fraction of sp³-hybridized carbons (Fsp3) is 0.316. The number of rotatable bonds is 7. The highest BCUT2D eigenvalue weighted by Crippen LogP contribution is 2.23. The van der Waals surface area contributed by atoms with Crippen molar-refractivity contribution in [2.75, 3.05) is 13.2 Å². The second-order valence-electron chi connectivity index (χ2n) is 5.97. The third kappa shape index (κ3) is 5.04. The van der Waals surface area contributed by atoms with E-state index in [0.717, 1.165) is 16.9 Å². The van der Waals surface area contributed by atoms with Crippen LogP contribution in [-0.4, -0.2) is 24.0 Å². The first-order valence-electron chi connectivity index (χ1n) is 8.12. The number of nitrogens with one attached hydrogen (secondary N) is 1. The molecule has 0 unspecified atom stereocenters. The number of nitro benzene ring substituents is 1. The highest BCUT2D eigenvalue weighted by molar-refractivity contribution is 5.94. The molecule has 0 aliphatic carbocycles. The van der Waals surface area contributed by atoms with Crippen LogP contribution < -0.4 is 10.1 Å². The number of ether oxygens (including phenoxy) is 1. The van der Waals surface area contributed by atoms with E-state index in [9.17, 15) is 14.9 Å². The molecule has 132 valence electrons. The molecule has 25 heavy (non-hydrogen) atoms. The Kier molecular flexibility index (Phi) is 6.11. The Labute approximate surface area is 147 Å². The molecule has 0 atom stereocenters. The lowest BCUT2D eigenvalue weighted by Gasteiger charge is -2.12. The predicted octanol–water partition coefficient (Wildman–Crippen LogP) is 3.72. The summed E-state index contributed by atoms with van der Waals surface area (Å²) in [6.07, 6.45) is 0.646. The predicted molar refractivity (Wildman–Crippen MR) is 96.2 cm³/mol. The van der Waals surface area contributed by atoms with Crippen LogP contribution in [-0.2, 0) is 0 Å². The van der Waals surface area contributed by atoms with E-state index in [2.05, 4.69) is 18.3 Å². The topological polar surface area (TPSA) is 81.5 Å². The van der Waals surface area contributed by atoms with Gasteiger partial charge in [-0.1, -0.05) is 12.1 Å². The van der Waals surface area contributed by atoms with Crippen molar-refractivity contribution in [3.05, 3.63) is 68.8 Å². The van der Waals surface area contributed by atoms with Gasteiger partial charge in [0, 0.05) is 24.2 Å². The van der Waals surface area contributed by atoms with E-state index in [1.807, 2.05) is 19.9 Å². The van der Waals surface area contributed by atoms with E-state index in [0.29, 0.717) is 19.6 Å². The maximum absolute atomic E-state index is 12.0. The van der Waals surface area contributed by atoms with Crippen LogP contribution >= 0.6 is 0 Å². The second kappa shape index (κ2) is 8.28. The van der Waals surface area contributed by atoms with Gasteiger partial charge >= 0.3 is 0 Å². The van der Waals surface area contributed by atoms with Gasteiger partial charge < -0.3 is 10.1 Å². The molecule has 0 aliphatic rings. The maximum atomic E-state index is 12.0. The Morgan fingerprint density at radius 1 is 1.20 bits per heavy atom. The summed E-state index contributed by atoms with van der Waals surface area (Å²) in [6, 6.07) is 9.80. The van der Waals surface area contributed by atoms with Gasteiger partial charge in [-0.2, -0.15) is 0 Å². The molecule has 1 N–H and O–H groups in total. The van der Waals surface area contributed by atoms with Gasteiger partial charge in [-0.3, -0.25) is 14.9 Å². The average molecular weight is 342 g/mol. The molecular weight excluding hydrogens is 320 g/mol. The monoisotopic (exact) mass is 342 g/mol. The number of benzene rings is 2. The standard InChI is InChI=1S/C19H22N2O4/c1-13-10-14(2)15(3)18(11-13)25-9-5-8-20-19(22)16-6-4-7-17(12-16)21(23)24/h4,6-7,10-12H,5,8-9H2,1-3H3,(H,20,22). The van der Waals surface area contributed by atoms with Crippen molar-refractivity contribution < 1.29 is 14.5 Å². The molecule has 2 aromatic rings. The Hall–Kier alpha value is -2.89.